The van der Waals surface area contributed by atoms with Crippen LogP contribution in [0.4, 0.5) is 0 Å². The largest absolute Gasteiger partial charge is 0.303 e. The number of carbonyl (C=O) groups is 1. The molecule has 0 aromatic rings. The van der Waals surface area contributed by atoms with Crippen LogP contribution in [0.15, 0.2) is 0 Å². The average molecular weight is 200 g/mol. The van der Waals surface area contributed by atoms with Crippen LogP contribution in [-0.2, 0) is 4.79 Å². The lowest BCUT2D eigenvalue weighted by atomic mass is 10.2. The van der Waals surface area contributed by atoms with Gasteiger partial charge in [0.2, 0.25) is 0 Å². The SMILES string of the molecule is CC1CCCC[Si]1(C)C.CCC=O. The molecule has 1 heterocycles. The molecule has 0 radical (unpaired) electrons. The van der Waals surface area contributed by atoms with Crippen LogP contribution in [0.1, 0.15) is 39.5 Å². The van der Waals surface area contributed by atoms with E-state index in [4.69, 9.17) is 0 Å². The Morgan fingerprint density at radius 2 is 1.92 bits per heavy atom. The van der Waals surface area contributed by atoms with E-state index in [1.54, 1.807) is 6.04 Å². The molecule has 2 heteroatoms. The molecule has 1 atom stereocenters. The molecule has 0 aromatic carbocycles. The second-order valence-corrected chi connectivity index (χ2v) is 10.2. The molecule has 0 N–H and O–H groups in total. The van der Waals surface area contributed by atoms with Gasteiger partial charge >= 0.3 is 0 Å². The third-order valence-corrected chi connectivity index (χ3v) is 7.81. The summed E-state index contributed by atoms with van der Waals surface area (Å²) in [5.41, 5.74) is 1.09. The van der Waals surface area contributed by atoms with Gasteiger partial charge in [0.1, 0.15) is 6.29 Å². The molecule has 0 spiro atoms. The van der Waals surface area contributed by atoms with Crippen LogP contribution in [0.25, 0.3) is 0 Å². The minimum atomic E-state index is -0.694. The molecule has 1 saturated heterocycles. The van der Waals surface area contributed by atoms with Crippen LogP contribution < -0.4 is 0 Å². The van der Waals surface area contributed by atoms with Gasteiger partial charge in [0.25, 0.3) is 0 Å². The predicted octanol–water partition coefficient (Wildman–Crippen LogP) is 3.86. The lowest BCUT2D eigenvalue weighted by molar-refractivity contribution is -0.107. The lowest BCUT2D eigenvalue weighted by Gasteiger charge is -2.34. The van der Waals surface area contributed by atoms with Crippen LogP contribution in [0.3, 0.4) is 0 Å². The molecule has 0 aromatic heterocycles. The first-order chi connectivity index (χ1) is 6.04. The van der Waals surface area contributed by atoms with Crippen LogP contribution in [0.2, 0.25) is 24.7 Å². The van der Waals surface area contributed by atoms with Crippen molar-refractivity contribution in [3.63, 3.8) is 0 Å². The molecule has 13 heavy (non-hydrogen) atoms. The van der Waals surface area contributed by atoms with Gasteiger partial charge in [-0.1, -0.05) is 52.2 Å². The lowest BCUT2D eigenvalue weighted by Crippen LogP contribution is -2.33. The van der Waals surface area contributed by atoms with Crippen molar-refractivity contribution in [2.24, 2.45) is 0 Å². The van der Waals surface area contributed by atoms with Crippen molar-refractivity contribution in [1.82, 2.24) is 0 Å². The smallest absolute Gasteiger partial charge is 0.119 e. The van der Waals surface area contributed by atoms with Gasteiger partial charge in [-0.2, -0.15) is 0 Å². The van der Waals surface area contributed by atoms with E-state index >= 15 is 0 Å². The summed E-state index contributed by atoms with van der Waals surface area (Å²) in [5, 5.41) is 0. The fourth-order valence-electron chi connectivity index (χ4n) is 1.67. The highest BCUT2D eigenvalue weighted by molar-refractivity contribution is 6.78. The first kappa shape index (κ1) is 12.9. The molecule has 1 nitrogen and oxygen atoms in total. The van der Waals surface area contributed by atoms with Crippen molar-refractivity contribution in [3.8, 4) is 0 Å². The topological polar surface area (TPSA) is 17.1 Å². The molecule has 0 aliphatic carbocycles. The molecule has 1 aliphatic rings. The van der Waals surface area contributed by atoms with E-state index in [2.05, 4.69) is 20.0 Å². The van der Waals surface area contributed by atoms with Crippen LogP contribution >= 0.6 is 0 Å². The molecule has 1 fully saturated rings. The van der Waals surface area contributed by atoms with E-state index in [0.29, 0.717) is 6.42 Å². The van der Waals surface area contributed by atoms with Crippen LogP contribution in [0.5, 0.6) is 0 Å². The zero-order valence-corrected chi connectivity index (χ0v) is 10.6. The minimum absolute atomic E-state index is 0.639. The zero-order chi connectivity index (χ0) is 10.3. The van der Waals surface area contributed by atoms with Gasteiger partial charge in [-0.3, -0.25) is 0 Å². The maximum atomic E-state index is 9.17. The van der Waals surface area contributed by atoms with E-state index < -0.39 is 8.07 Å². The highest BCUT2D eigenvalue weighted by Crippen LogP contribution is 2.36. The Morgan fingerprint density at radius 3 is 2.15 bits per heavy atom. The van der Waals surface area contributed by atoms with E-state index in [9.17, 15) is 4.79 Å². The van der Waals surface area contributed by atoms with E-state index in [-0.39, 0.29) is 0 Å². The molecule has 0 amide bonds. The first-order valence-corrected chi connectivity index (χ1v) is 8.76. The van der Waals surface area contributed by atoms with Crippen molar-refractivity contribution in [2.75, 3.05) is 0 Å². The number of aldehydes is 1. The summed E-state index contributed by atoms with van der Waals surface area (Å²) >= 11 is 0. The molecule has 1 rings (SSSR count). The van der Waals surface area contributed by atoms with Gasteiger partial charge in [0.15, 0.2) is 0 Å². The normalized spacial score (nSPS) is 25.7. The van der Waals surface area contributed by atoms with Gasteiger partial charge in [-0.25, -0.2) is 0 Å². The molecule has 1 aliphatic heterocycles. The van der Waals surface area contributed by atoms with Crippen molar-refractivity contribution in [2.45, 2.75) is 64.2 Å². The fraction of sp³-hybridized carbons (Fsp3) is 0.909. The predicted molar refractivity (Wildman–Crippen MR) is 61.9 cm³/mol. The zero-order valence-electron chi connectivity index (χ0n) is 9.60. The highest BCUT2D eigenvalue weighted by Gasteiger charge is 2.30. The third kappa shape index (κ3) is 5.24. The van der Waals surface area contributed by atoms with Crippen molar-refractivity contribution < 1.29 is 4.79 Å². The highest BCUT2D eigenvalue weighted by atomic mass is 28.3. The summed E-state index contributed by atoms with van der Waals surface area (Å²) < 4.78 is 0. The second-order valence-electron chi connectivity index (χ2n) is 4.71. The van der Waals surface area contributed by atoms with E-state index in [1.165, 1.54) is 19.3 Å². The summed E-state index contributed by atoms with van der Waals surface area (Å²) in [4.78, 5) is 9.17. The van der Waals surface area contributed by atoms with Gasteiger partial charge in [0.05, 0.1) is 8.07 Å². The first-order valence-electron chi connectivity index (χ1n) is 5.48. The Hall–Kier alpha value is -0.113. The average Bonchev–Trinajstić information content (AvgIpc) is 2.11. The molecule has 0 bridgehead atoms. The molecule has 1 unspecified atom stereocenters. The van der Waals surface area contributed by atoms with E-state index in [1.807, 2.05) is 6.92 Å². The standard InChI is InChI=1S/C8H18Si.C3H6O/c1-8-6-4-5-7-9(8,2)3;1-2-3-4/h8H,4-7H2,1-3H3;3H,2H2,1H3. The van der Waals surface area contributed by atoms with Gasteiger partial charge in [-0.05, 0) is 5.54 Å². The second kappa shape index (κ2) is 6.36. The summed E-state index contributed by atoms with van der Waals surface area (Å²) in [6.45, 7) is 9.34. The van der Waals surface area contributed by atoms with Crippen molar-refractivity contribution in [1.29, 1.82) is 0 Å². The summed E-state index contributed by atoms with van der Waals surface area (Å²) in [7, 11) is -0.694. The van der Waals surface area contributed by atoms with Gasteiger partial charge in [0, 0.05) is 6.42 Å². The van der Waals surface area contributed by atoms with Gasteiger partial charge < -0.3 is 4.79 Å². The fourth-order valence-corrected chi connectivity index (χ4v) is 4.31. The number of carbonyl (C=O) groups excluding carboxylic acids is 1. The van der Waals surface area contributed by atoms with Crippen LogP contribution in [-0.4, -0.2) is 14.4 Å². The summed E-state index contributed by atoms with van der Waals surface area (Å²) in [6.07, 6.45) is 6.04. The Balaban J connectivity index is 0.000000310. The Bertz CT molecular complexity index is 143. The number of hydrogen-bond acceptors (Lipinski definition) is 1. The number of hydrogen-bond donors (Lipinski definition) is 0. The summed E-state index contributed by atoms with van der Waals surface area (Å²) in [6, 6.07) is 1.58. The number of rotatable bonds is 1. The summed E-state index contributed by atoms with van der Waals surface area (Å²) in [5.74, 6) is 0. The quantitative estimate of drug-likeness (QED) is 0.464. The Labute approximate surface area is 83.9 Å². The maximum Gasteiger partial charge on any atom is 0.119 e. The van der Waals surface area contributed by atoms with Crippen molar-refractivity contribution in [3.05, 3.63) is 0 Å². The maximum absolute atomic E-state index is 9.17. The molecular formula is C11H24OSi. The van der Waals surface area contributed by atoms with E-state index in [0.717, 1.165) is 11.8 Å². The minimum Gasteiger partial charge on any atom is -0.303 e. The van der Waals surface area contributed by atoms with Crippen LogP contribution in [0, 0.1) is 0 Å². The Kier molecular flexibility index (Phi) is 6.30. The van der Waals surface area contributed by atoms with Gasteiger partial charge in [-0.15, -0.1) is 0 Å². The molecule has 78 valence electrons. The molecular weight excluding hydrogens is 176 g/mol. The third-order valence-electron chi connectivity index (χ3n) is 3.21. The molecule has 0 saturated carbocycles. The van der Waals surface area contributed by atoms with Crippen molar-refractivity contribution >= 4 is 14.4 Å². The monoisotopic (exact) mass is 200 g/mol. The Morgan fingerprint density at radius 1 is 1.38 bits per heavy atom.